The van der Waals surface area contributed by atoms with E-state index < -0.39 is 17.5 Å². The summed E-state index contributed by atoms with van der Waals surface area (Å²) in [7, 11) is 0. The highest BCUT2D eigenvalue weighted by atomic mass is 32.2. The first-order valence-corrected chi connectivity index (χ1v) is 14.8. The van der Waals surface area contributed by atoms with Crippen molar-refractivity contribution < 1.29 is 23.9 Å². The maximum absolute atomic E-state index is 13.9. The third kappa shape index (κ3) is 6.25. The quantitative estimate of drug-likeness (QED) is 0.170. The van der Waals surface area contributed by atoms with Crippen molar-refractivity contribution in [1.82, 2.24) is 4.90 Å². The van der Waals surface area contributed by atoms with Crippen LogP contribution >= 0.6 is 11.8 Å². The summed E-state index contributed by atoms with van der Waals surface area (Å²) >= 11 is 1.63. The number of rotatable bonds is 9. The molecule has 0 radical (unpaired) electrons. The number of carbonyl (C=O) groups is 3. The number of hydrogen-bond acceptors (Lipinski definition) is 6. The number of hydrogen-bond donors (Lipinski definition) is 0. The van der Waals surface area contributed by atoms with Crippen LogP contribution in [0, 0.1) is 19.8 Å². The van der Waals surface area contributed by atoms with Gasteiger partial charge in [-0.15, -0.1) is 11.8 Å². The van der Waals surface area contributed by atoms with Crippen LogP contribution < -0.4 is 4.74 Å². The first kappa shape index (κ1) is 29.4. The van der Waals surface area contributed by atoms with Gasteiger partial charge in [-0.1, -0.05) is 42.5 Å². The third-order valence-electron chi connectivity index (χ3n) is 7.37. The van der Waals surface area contributed by atoms with Crippen molar-refractivity contribution in [1.29, 1.82) is 0 Å². The van der Waals surface area contributed by atoms with Crippen molar-refractivity contribution in [3.63, 3.8) is 0 Å². The summed E-state index contributed by atoms with van der Waals surface area (Å²) in [5, 5.41) is 0. The van der Waals surface area contributed by atoms with Gasteiger partial charge in [-0.05, 0) is 81.8 Å². The van der Waals surface area contributed by atoms with Crippen LogP contribution in [0.1, 0.15) is 64.1 Å². The summed E-state index contributed by atoms with van der Waals surface area (Å²) < 4.78 is 11.4. The van der Waals surface area contributed by atoms with E-state index in [4.69, 9.17) is 9.47 Å². The van der Waals surface area contributed by atoms with Crippen LogP contribution in [-0.4, -0.2) is 54.1 Å². The Morgan fingerprint density at radius 2 is 1.55 bits per heavy atom. The number of ether oxygens (including phenoxy) is 2. The van der Waals surface area contributed by atoms with Gasteiger partial charge in [-0.2, -0.15) is 0 Å². The second kappa shape index (κ2) is 12.3. The lowest BCUT2D eigenvalue weighted by molar-refractivity contribution is -0.158. The summed E-state index contributed by atoms with van der Waals surface area (Å²) in [5.74, 6) is -0.447. The van der Waals surface area contributed by atoms with Gasteiger partial charge < -0.3 is 14.4 Å². The van der Waals surface area contributed by atoms with Crippen molar-refractivity contribution >= 4 is 29.4 Å². The molecule has 3 aromatic carbocycles. The summed E-state index contributed by atoms with van der Waals surface area (Å²) in [6.07, 6.45) is 2.00. The van der Waals surface area contributed by atoms with E-state index >= 15 is 0 Å². The van der Waals surface area contributed by atoms with Gasteiger partial charge in [0.05, 0.1) is 6.61 Å². The zero-order chi connectivity index (χ0) is 29.0. The first-order valence-electron chi connectivity index (χ1n) is 13.6. The van der Waals surface area contributed by atoms with E-state index in [9.17, 15) is 14.4 Å². The molecule has 1 amide bonds. The number of ketones is 1. The molecule has 7 heteroatoms. The average molecular weight is 560 g/mol. The van der Waals surface area contributed by atoms with Crippen LogP contribution in [0.4, 0.5) is 0 Å². The minimum absolute atomic E-state index is 0.0279. The van der Waals surface area contributed by atoms with E-state index in [1.54, 1.807) is 49.6 Å². The second-order valence-corrected chi connectivity index (χ2v) is 11.6. The van der Waals surface area contributed by atoms with E-state index in [0.29, 0.717) is 30.0 Å². The molecule has 6 nitrogen and oxygen atoms in total. The standard InChI is InChI=1S/C33H37NO5S/c1-7-38-32(37)33(4,5)39-30-21(2)17-25(18-22(30)3)27-19-34(31(36)24-11-9-8-10-12-24)20-28(27)29(35)23-13-15-26(40-6)16-14-23/h8-18,27-28H,7,19-20H2,1-6H3/t27-,28+/m1/s1. The van der Waals surface area contributed by atoms with Crippen LogP contribution in [-0.2, 0) is 9.53 Å². The number of likely N-dealkylation sites (tertiary alicyclic amines) is 1. The van der Waals surface area contributed by atoms with Gasteiger partial charge in [0.2, 0.25) is 0 Å². The Morgan fingerprint density at radius 1 is 0.925 bits per heavy atom. The van der Waals surface area contributed by atoms with Crippen LogP contribution in [0.15, 0.2) is 71.6 Å². The summed E-state index contributed by atoms with van der Waals surface area (Å²) in [6, 6.07) is 20.9. The molecule has 1 aliphatic heterocycles. The molecule has 0 unspecified atom stereocenters. The first-order chi connectivity index (χ1) is 19.1. The highest BCUT2D eigenvalue weighted by Crippen LogP contribution is 2.39. The van der Waals surface area contributed by atoms with Gasteiger partial charge in [-0.25, -0.2) is 4.79 Å². The predicted octanol–water partition coefficient (Wildman–Crippen LogP) is 6.48. The van der Waals surface area contributed by atoms with E-state index in [-0.39, 0.29) is 24.2 Å². The number of carbonyl (C=O) groups excluding carboxylic acids is 3. The maximum atomic E-state index is 13.9. The number of benzene rings is 3. The van der Waals surface area contributed by atoms with Crippen LogP contribution in [0.3, 0.4) is 0 Å². The zero-order valence-corrected chi connectivity index (χ0v) is 24.8. The Kier molecular flexibility index (Phi) is 9.04. The lowest BCUT2D eigenvalue weighted by Crippen LogP contribution is -2.40. The molecule has 4 rings (SSSR count). The van der Waals surface area contributed by atoms with Gasteiger partial charge in [0.1, 0.15) is 5.75 Å². The van der Waals surface area contributed by atoms with Crippen molar-refractivity contribution in [3.8, 4) is 5.75 Å². The van der Waals surface area contributed by atoms with Crippen molar-refractivity contribution in [2.75, 3.05) is 26.0 Å². The van der Waals surface area contributed by atoms with E-state index in [0.717, 1.165) is 21.6 Å². The predicted molar refractivity (Wildman–Crippen MR) is 158 cm³/mol. The molecular formula is C33H37NO5S. The van der Waals surface area contributed by atoms with Crippen molar-refractivity contribution in [2.45, 2.75) is 51.0 Å². The van der Waals surface area contributed by atoms with E-state index in [1.165, 1.54) is 0 Å². The molecule has 1 fully saturated rings. The minimum Gasteiger partial charge on any atom is -0.476 e. The molecule has 0 N–H and O–H groups in total. The van der Waals surface area contributed by atoms with Gasteiger partial charge in [0, 0.05) is 40.9 Å². The lowest BCUT2D eigenvalue weighted by Gasteiger charge is -2.27. The fraction of sp³-hybridized carbons (Fsp3) is 0.364. The number of esters is 1. The molecule has 1 saturated heterocycles. The molecule has 0 aromatic heterocycles. The normalized spacial score (nSPS) is 17.0. The summed E-state index contributed by atoms with van der Waals surface area (Å²) in [4.78, 5) is 42.6. The molecule has 0 spiro atoms. The van der Waals surface area contributed by atoms with Gasteiger partial charge in [0.15, 0.2) is 11.4 Å². The number of thioether (sulfide) groups is 1. The number of nitrogens with zero attached hydrogens (tertiary/aromatic N) is 1. The molecule has 0 saturated carbocycles. The second-order valence-electron chi connectivity index (χ2n) is 10.7. The Labute approximate surface area is 241 Å². The van der Waals surface area contributed by atoms with Crippen LogP contribution in [0.5, 0.6) is 5.75 Å². The van der Waals surface area contributed by atoms with Crippen molar-refractivity contribution in [3.05, 3.63) is 94.5 Å². The molecule has 1 aliphatic rings. The smallest absolute Gasteiger partial charge is 0.349 e. The lowest BCUT2D eigenvalue weighted by atomic mass is 9.82. The van der Waals surface area contributed by atoms with E-state index in [1.807, 2.05) is 74.7 Å². The van der Waals surface area contributed by atoms with Gasteiger partial charge in [0.25, 0.3) is 5.91 Å². The number of Topliss-reactive ketones (excluding diaryl/α,β-unsaturated/α-hetero) is 1. The molecule has 2 atom stereocenters. The molecule has 0 aliphatic carbocycles. The Hall–Kier alpha value is -3.58. The van der Waals surface area contributed by atoms with Crippen molar-refractivity contribution in [2.24, 2.45) is 5.92 Å². The highest BCUT2D eigenvalue weighted by Gasteiger charge is 2.41. The highest BCUT2D eigenvalue weighted by molar-refractivity contribution is 7.98. The largest absolute Gasteiger partial charge is 0.476 e. The number of amides is 1. The minimum atomic E-state index is -1.15. The fourth-order valence-corrected chi connectivity index (χ4v) is 5.67. The molecular weight excluding hydrogens is 522 g/mol. The molecule has 40 heavy (non-hydrogen) atoms. The number of aryl methyl sites for hydroxylation is 2. The zero-order valence-electron chi connectivity index (χ0n) is 24.0. The van der Waals surface area contributed by atoms with Gasteiger partial charge in [-0.3, -0.25) is 9.59 Å². The SMILES string of the molecule is CCOC(=O)C(C)(C)Oc1c(C)cc([C@H]2CN(C(=O)c3ccccc3)C[C@@H]2C(=O)c2ccc(SC)cc2)cc1C. The fourth-order valence-electron chi connectivity index (χ4n) is 5.27. The monoisotopic (exact) mass is 559 g/mol. The third-order valence-corrected chi connectivity index (χ3v) is 8.12. The summed E-state index contributed by atoms with van der Waals surface area (Å²) in [6.45, 7) is 10.1. The Morgan fingerprint density at radius 3 is 2.12 bits per heavy atom. The molecule has 210 valence electrons. The van der Waals surface area contributed by atoms with E-state index in [2.05, 4.69) is 0 Å². The molecule has 1 heterocycles. The van der Waals surface area contributed by atoms with Crippen LogP contribution in [0.2, 0.25) is 0 Å². The van der Waals surface area contributed by atoms with Gasteiger partial charge >= 0.3 is 5.97 Å². The Bertz CT molecular complexity index is 1360. The summed E-state index contributed by atoms with van der Waals surface area (Å²) in [5.41, 5.74) is 2.79. The molecule has 0 bridgehead atoms. The molecule has 3 aromatic rings. The Balaban J connectivity index is 1.68. The maximum Gasteiger partial charge on any atom is 0.349 e. The van der Waals surface area contributed by atoms with Crippen LogP contribution in [0.25, 0.3) is 0 Å². The topological polar surface area (TPSA) is 72.9 Å². The average Bonchev–Trinajstić information content (AvgIpc) is 3.40.